The lowest BCUT2D eigenvalue weighted by Crippen LogP contribution is -2.71. The molecule has 2 fully saturated rings. The quantitative estimate of drug-likeness (QED) is 0.758. The molecule has 3 N–H and O–H groups in total. The number of carbonyl (C=O) groups excluding carboxylic acids is 2. The SMILES string of the molecule is Cc1ccc(F)c([C@H](C)NC2NC(=O)N([C@@H]3CCOC[C@@H]3F)C(=O)N2)c1. The van der Waals surface area contributed by atoms with Crippen LogP contribution in [0, 0.1) is 12.7 Å². The van der Waals surface area contributed by atoms with E-state index in [1.807, 2.05) is 6.92 Å². The number of carbonyl (C=O) groups is 2. The predicted octanol–water partition coefficient (Wildman–Crippen LogP) is 1.93. The lowest BCUT2D eigenvalue weighted by molar-refractivity contribution is -0.0102. The lowest BCUT2D eigenvalue weighted by Gasteiger charge is -2.40. The van der Waals surface area contributed by atoms with E-state index in [2.05, 4.69) is 16.0 Å². The van der Waals surface area contributed by atoms with Crippen molar-refractivity contribution < 1.29 is 23.1 Å². The third kappa shape index (κ3) is 3.78. The molecule has 0 aliphatic carbocycles. The first-order chi connectivity index (χ1) is 12.4. The molecule has 3 rings (SSSR count). The number of halogens is 2. The van der Waals surface area contributed by atoms with Crippen molar-refractivity contribution in [2.45, 2.75) is 44.8 Å². The number of aryl methyl sites for hydroxylation is 1. The monoisotopic (exact) mass is 368 g/mol. The number of amides is 4. The molecule has 0 unspecified atom stereocenters. The van der Waals surface area contributed by atoms with Gasteiger partial charge in [-0.1, -0.05) is 17.7 Å². The van der Waals surface area contributed by atoms with Gasteiger partial charge in [0, 0.05) is 18.2 Å². The topological polar surface area (TPSA) is 82.7 Å². The van der Waals surface area contributed by atoms with Crippen LogP contribution < -0.4 is 16.0 Å². The van der Waals surface area contributed by atoms with Gasteiger partial charge in [-0.15, -0.1) is 0 Å². The molecule has 3 atom stereocenters. The Morgan fingerprint density at radius 3 is 2.65 bits per heavy atom. The number of alkyl halides is 1. The number of nitrogens with zero attached hydrogens (tertiary/aromatic N) is 1. The normalized spacial score (nSPS) is 25.6. The van der Waals surface area contributed by atoms with Crippen molar-refractivity contribution in [1.29, 1.82) is 0 Å². The maximum Gasteiger partial charge on any atom is 0.328 e. The number of hydrogen-bond acceptors (Lipinski definition) is 4. The Balaban J connectivity index is 1.66. The smallest absolute Gasteiger partial charge is 0.328 e. The van der Waals surface area contributed by atoms with Gasteiger partial charge in [0.1, 0.15) is 12.0 Å². The maximum atomic E-state index is 14.0. The first-order valence-corrected chi connectivity index (χ1v) is 8.51. The molecule has 2 heterocycles. The van der Waals surface area contributed by atoms with Crippen molar-refractivity contribution in [2.75, 3.05) is 13.2 Å². The number of benzene rings is 1. The van der Waals surface area contributed by atoms with E-state index in [4.69, 9.17) is 4.74 Å². The summed E-state index contributed by atoms with van der Waals surface area (Å²) >= 11 is 0. The molecule has 0 spiro atoms. The first-order valence-electron chi connectivity index (χ1n) is 8.51. The van der Waals surface area contributed by atoms with E-state index < -0.39 is 36.6 Å². The van der Waals surface area contributed by atoms with Crippen molar-refractivity contribution in [2.24, 2.45) is 0 Å². The Morgan fingerprint density at radius 1 is 1.31 bits per heavy atom. The number of urea groups is 2. The van der Waals surface area contributed by atoms with Gasteiger partial charge in [-0.05, 0) is 26.3 Å². The highest BCUT2D eigenvalue weighted by Crippen LogP contribution is 2.21. The molecule has 0 radical (unpaired) electrons. The Morgan fingerprint density at radius 2 is 2.00 bits per heavy atom. The molecule has 1 aromatic carbocycles. The average molecular weight is 368 g/mol. The third-order valence-electron chi connectivity index (χ3n) is 4.59. The number of hydrogen-bond donors (Lipinski definition) is 3. The van der Waals surface area contributed by atoms with E-state index in [0.717, 1.165) is 10.5 Å². The molecule has 0 aromatic heterocycles. The molecule has 2 aliphatic rings. The molecule has 0 saturated carbocycles. The minimum atomic E-state index is -1.43. The summed E-state index contributed by atoms with van der Waals surface area (Å²) in [5, 5.41) is 8.08. The molecular weight excluding hydrogens is 346 g/mol. The van der Waals surface area contributed by atoms with Crippen LogP contribution in [-0.2, 0) is 4.74 Å². The summed E-state index contributed by atoms with van der Waals surface area (Å²) in [5.74, 6) is -0.381. The van der Waals surface area contributed by atoms with Gasteiger partial charge in [0.25, 0.3) is 0 Å². The summed E-state index contributed by atoms with van der Waals surface area (Å²) in [6.07, 6.45) is -2.07. The van der Waals surface area contributed by atoms with Gasteiger partial charge in [-0.3, -0.25) is 5.32 Å². The van der Waals surface area contributed by atoms with Gasteiger partial charge >= 0.3 is 12.1 Å². The fourth-order valence-electron chi connectivity index (χ4n) is 3.22. The van der Waals surface area contributed by atoms with Crippen LogP contribution in [0.1, 0.15) is 30.5 Å². The van der Waals surface area contributed by atoms with Crippen LogP contribution in [0.3, 0.4) is 0 Å². The molecule has 142 valence electrons. The van der Waals surface area contributed by atoms with Gasteiger partial charge < -0.3 is 15.4 Å². The van der Waals surface area contributed by atoms with Crippen LogP contribution in [0.2, 0.25) is 0 Å². The zero-order valence-electron chi connectivity index (χ0n) is 14.6. The second-order valence-electron chi connectivity index (χ2n) is 6.56. The van der Waals surface area contributed by atoms with Crippen LogP contribution in [0.5, 0.6) is 0 Å². The first kappa shape index (κ1) is 18.5. The van der Waals surface area contributed by atoms with E-state index in [9.17, 15) is 18.4 Å². The Labute approximate surface area is 150 Å². The molecule has 7 nitrogen and oxygen atoms in total. The summed E-state index contributed by atoms with van der Waals surface area (Å²) in [6.45, 7) is 3.71. The zero-order valence-corrected chi connectivity index (χ0v) is 14.6. The third-order valence-corrected chi connectivity index (χ3v) is 4.59. The lowest BCUT2D eigenvalue weighted by atomic mass is 10.0. The summed E-state index contributed by atoms with van der Waals surface area (Å²) in [4.78, 5) is 25.5. The standard InChI is InChI=1S/C17H22F2N4O3/c1-9-3-4-12(18)11(7-9)10(2)20-15-21-16(24)23(17(25)22-15)14-5-6-26-8-13(14)19/h3-4,7,10,13-15,20H,5-6,8H2,1-2H3,(H,21,24)(H,22,25)/t10-,13-,14+/m0/s1. The van der Waals surface area contributed by atoms with Gasteiger partial charge in [-0.2, -0.15) is 0 Å². The Bertz CT molecular complexity index is 685. The van der Waals surface area contributed by atoms with Gasteiger partial charge in [-0.25, -0.2) is 23.3 Å². The fourth-order valence-corrected chi connectivity index (χ4v) is 3.22. The summed E-state index contributed by atoms with van der Waals surface area (Å²) < 4.78 is 33.0. The predicted molar refractivity (Wildman–Crippen MR) is 89.5 cm³/mol. The van der Waals surface area contributed by atoms with Gasteiger partial charge in [0.2, 0.25) is 0 Å². The van der Waals surface area contributed by atoms with Crippen molar-refractivity contribution in [3.63, 3.8) is 0 Å². The van der Waals surface area contributed by atoms with Gasteiger partial charge in [0.05, 0.1) is 12.6 Å². The van der Waals surface area contributed by atoms with E-state index >= 15 is 0 Å². The summed E-state index contributed by atoms with van der Waals surface area (Å²) in [5.41, 5.74) is 1.32. The van der Waals surface area contributed by atoms with Crippen molar-refractivity contribution >= 4 is 12.1 Å². The minimum Gasteiger partial charge on any atom is -0.378 e. The summed E-state index contributed by atoms with van der Waals surface area (Å²) in [7, 11) is 0. The van der Waals surface area contributed by atoms with Crippen molar-refractivity contribution in [3.8, 4) is 0 Å². The minimum absolute atomic E-state index is 0.146. The van der Waals surface area contributed by atoms with Crippen LogP contribution in [0.4, 0.5) is 18.4 Å². The Kier molecular flexibility index (Phi) is 5.38. The van der Waals surface area contributed by atoms with Gasteiger partial charge in [0.15, 0.2) is 6.29 Å². The highest BCUT2D eigenvalue weighted by molar-refractivity contribution is 5.96. The van der Waals surface area contributed by atoms with E-state index in [-0.39, 0.29) is 25.5 Å². The zero-order chi connectivity index (χ0) is 18.8. The molecule has 4 amide bonds. The number of rotatable bonds is 4. The molecule has 0 bridgehead atoms. The van der Waals surface area contributed by atoms with Crippen LogP contribution in [0.25, 0.3) is 0 Å². The average Bonchev–Trinajstić information content (AvgIpc) is 2.58. The second-order valence-corrected chi connectivity index (χ2v) is 6.56. The largest absolute Gasteiger partial charge is 0.378 e. The molecule has 2 aliphatic heterocycles. The van der Waals surface area contributed by atoms with E-state index in [1.54, 1.807) is 19.1 Å². The maximum absolute atomic E-state index is 14.0. The van der Waals surface area contributed by atoms with E-state index in [0.29, 0.717) is 5.56 Å². The van der Waals surface area contributed by atoms with Crippen LogP contribution >= 0.6 is 0 Å². The Hall–Kier alpha value is -2.26. The van der Waals surface area contributed by atoms with Crippen molar-refractivity contribution in [3.05, 3.63) is 35.1 Å². The van der Waals surface area contributed by atoms with Crippen LogP contribution in [-0.4, -0.2) is 48.7 Å². The highest BCUT2D eigenvalue weighted by Gasteiger charge is 2.41. The second kappa shape index (κ2) is 7.55. The molecule has 2 saturated heterocycles. The van der Waals surface area contributed by atoms with E-state index in [1.165, 1.54) is 6.07 Å². The molecule has 26 heavy (non-hydrogen) atoms. The fraction of sp³-hybridized carbons (Fsp3) is 0.529. The number of imide groups is 1. The van der Waals surface area contributed by atoms with Crippen LogP contribution in [0.15, 0.2) is 18.2 Å². The summed E-state index contributed by atoms with van der Waals surface area (Å²) in [6, 6.07) is 2.00. The molecule has 9 heteroatoms. The number of ether oxygens (including phenoxy) is 1. The number of nitrogens with one attached hydrogen (secondary N) is 3. The van der Waals surface area contributed by atoms with Crippen molar-refractivity contribution in [1.82, 2.24) is 20.9 Å². The highest BCUT2D eigenvalue weighted by atomic mass is 19.1. The molecular formula is C17H22F2N4O3. The molecule has 1 aromatic rings.